The summed E-state index contributed by atoms with van der Waals surface area (Å²) in [6.45, 7) is 11.7. The average molecular weight is 252 g/mol. The zero-order valence-electron chi connectivity index (χ0n) is 11.9. The first-order chi connectivity index (χ1) is 8.58. The van der Waals surface area contributed by atoms with Crippen LogP contribution in [0.3, 0.4) is 0 Å². The van der Waals surface area contributed by atoms with E-state index in [9.17, 15) is 4.79 Å². The lowest BCUT2D eigenvalue weighted by Crippen LogP contribution is -2.47. The Kier molecular flexibility index (Phi) is 5.75. The molecular formula is C14H24N2O2. The Morgan fingerprint density at radius 2 is 1.72 bits per heavy atom. The molecule has 18 heavy (non-hydrogen) atoms. The predicted octanol–water partition coefficient (Wildman–Crippen LogP) is 1.99. The van der Waals surface area contributed by atoms with E-state index in [0.29, 0.717) is 6.61 Å². The molecule has 1 aliphatic rings. The second-order valence-corrected chi connectivity index (χ2v) is 4.39. The first-order valence-electron chi connectivity index (χ1n) is 6.56. The zero-order chi connectivity index (χ0) is 13.5. The average Bonchev–Trinajstić information content (AvgIpc) is 2.36. The number of hydrogen-bond acceptors (Lipinski definition) is 3. The Hall–Kier alpha value is -1.45. The van der Waals surface area contributed by atoms with Gasteiger partial charge < -0.3 is 14.5 Å². The Morgan fingerprint density at radius 3 is 2.17 bits per heavy atom. The summed E-state index contributed by atoms with van der Waals surface area (Å²) in [6, 6.07) is 0. The fourth-order valence-corrected chi connectivity index (χ4v) is 2.11. The van der Waals surface area contributed by atoms with Crippen molar-refractivity contribution in [3.05, 3.63) is 23.6 Å². The van der Waals surface area contributed by atoms with Crippen LogP contribution in [0.1, 0.15) is 27.7 Å². The SMILES string of the molecule is CC=C(C=C(C)OCC)N1CCN(C(C)=O)CC1. The highest BCUT2D eigenvalue weighted by atomic mass is 16.5. The summed E-state index contributed by atoms with van der Waals surface area (Å²) in [5.74, 6) is 1.09. The van der Waals surface area contributed by atoms with Gasteiger partial charge in [-0.05, 0) is 26.8 Å². The molecule has 0 atom stereocenters. The van der Waals surface area contributed by atoms with Gasteiger partial charge in [0.15, 0.2) is 0 Å². The molecule has 1 fully saturated rings. The van der Waals surface area contributed by atoms with E-state index in [1.807, 2.05) is 25.7 Å². The highest BCUT2D eigenvalue weighted by Crippen LogP contribution is 2.13. The number of piperazine rings is 1. The molecule has 0 unspecified atom stereocenters. The lowest BCUT2D eigenvalue weighted by atomic mass is 10.2. The monoisotopic (exact) mass is 252 g/mol. The lowest BCUT2D eigenvalue weighted by molar-refractivity contribution is -0.130. The Morgan fingerprint density at radius 1 is 1.17 bits per heavy atom. The van der Waals surface area contributed by atoms with Gasteiger partial charge in [-0.15, -0.1) is 0 Å². The van der Waals surface area contributed by atoms with Gasteiger partial charge in [-0.3, -0.25) is 4.79 Å². The van der Waals surface area contributed by atoms with E-state index in [2.05, 4.69) is 17.1 Å². The third-order valence-electron chi connectivity index (χ3n) is 3.11. The second-order valence-electron chi connectivity index (χ2n) is 4.39. The summed E-state index contributed by atoms with van der Waals surface area (Å²) in [6.07, 6.45) is 4.15. The van der Waals surface area contributed by atoms with E-state index < -0.39 is 0 Å². The van der Waals surface area contributed by atoms with Gasteiger partial charge in [-0.2, -0.15) is 0 Å². The topological polar surface area (TPSA) is 32.8 Å². The number of ether oxygens (including phenoxy) is 1. The Bertz CT molecular complexity index is 340. The van der Waals surface area contributed by atoms with E-state index >= 15 is 0 Å². The Labute approximate surface area is 110 Å². The van der Waals surface area contributed by atoms with Gasteiger partial charge in [0.25, 0.3) is 0 Å². The van der Waals surface area contributed by atoms with Crippen molar-refractivity contribution in [2.75, 3.05) is 32.8 Å². The van der Waals surface area contributed by atoms with Crippen LogP contribution < -0.4 is 0 Å². The molecule has 1 amide bonds. The molecule has 4 heteroatoms. The third-order valence-corrected chi connectivity index (χ3v) is 3.11. The summed E-state index contributed by atoms with van der Waals surface area (Å²) in [5.41, 5.74) is 1.17. The minimum atomic E-state index is 0.165. The van der Waals surface area contributed by atoms with Crippen molar-refractivity contribution in [1.29, 1.82) is 0 Å². The van der Waals surface area contributed by atoms with Gasteiger partial charge in [-0.1, -0.05) is 6.08 Å². The van der Waals surface area contributed by atoms with E-state index in [1.54, 1.807) is 6.92 Å². The van der Waals surface area contributed by atoms with Crippen LogP contribution in [0.2, 0.25) is 0 Å². The van der Waals surface area contributed by atoms with Crippen molar-refractivity contribution in [3.8, 4) is 0 Å². The van der Waals surface area contributed by atoms with Gasteiger partial charge in [0, 0.05) is 38.8 Å². The smallest absolute Gasteiger partial charge is 0.219 e. The minimum Gasteiger partial charge on any atom is -0.498 e. The maximum absolute atomic E-state index is 11.3. The van der Waals surface area contributed by atoms with Gasteiger partial charge in [0.05, 0.1) is 12.4 Å². The van der Waals surface area contributed by atoms with Crippen LogP contribution in [0.5, 0.6) is 0 Å². The van der Waals surface area contributed by atoms with Gasteiger partial charge in [0.2, 0.25) is 5.91 Å². The van der Waals surface area contributed by atoms with Crippen LogP contribution >= 0.6 is 0 Å². The summed E-state index contributed by atoms with van der Waals surface area (Å²) < 4.78 is 5.45. The fourth-order valence-electron chi connectivity index (χ4n) is 2.11. The molecule has 1 aliphatic heterocycles. The Balaban J connectivity index is 2.59. The summed E-state index contributed by atoms with van der Waals surface area (Å²) in [5, 5.41) is 0. The maximum atomic E-state index is 11.3. The minimum absolute atomic E-state index is 0.165. The molecule has 0 radical (unpaired) electrons. The van der Waals surface area contributed by atoms with Gasteiger partial charge in [0.1, 0.15) is 0 Å². The lowest BCUT2D eigenvalue weighted by Gasteiger charge is -2.36. The van der Waals surface area contributed by atoms with Crippen LogP contribution in [0.15, 0.2) is 23.6 Å². The molecule has 0 aromatic carbocycles. The molecule has 0 saturated carbocycles. The number of carbonyl (C=O) groups excluding carboxylic acids is 1. The first kappa shape index (κ1) is 14.6. The van der Waals surface area contributed by atoms with Gasteiger partial charge >= 0.3 is 0 Å². The molecule has 4 nitrogen and oxygen atoms in total. The standard InChI is InChI=1S/C14H24N2O2/c1-5-14(11-12(3)18-6-2)16-9-7-15(8-10-16)13(4)17/h5,11H,6-10H2,1-4H3. The molecule has 1 rings (SSSR count). The largest absolute Gasteiger partial charge is 0.498 e. The van der Waals surface area contributed by atoms with Crippen LogP contribution in [-0.2, 0) is 9.53 Å². The molecule has 0 N–H and O–H groups in total. The normalized spacial score (nSPS) is 18.0. The quantitative estimate of drug-likeness (QED) is 0.566. The highest BCUT2D eigenvalue weighted by molar-refractivity contribution is 5.73. The zero-order valence-corrected chi connectivity index (χ0v) is 11.9. The number of amides is 1. The van der Waals surface area contributed by atoms with E-state index in [4.69, 9.17) is 4.74 Å². The van der Waals surface area contributed by atoms with Crippen LogP contribution in [0.4, 0.5) is 0 Å². The maximum Gasteiger partial charge on any atom is 0.219 e. The van der Waals surface area contributed by atoms with E-state index in [1.165, 1.54) is 5.70 Å². The van der Waals surface area contributed by atoms with E-state index in [-0.39, 0.29) is 5.91 Å². The number of nitrogens with zero attached hydrogens (tertiary/aromatic N) is 2. The van der Waals surface area contributed by atoms with Crippen LogP contribution in [0, 0.1) is 0 Å². The molecule has 1 heterocycles. The number of rotatable bonds is 4. The number of carbonyl (C=O) groups is 1. The van der Waals surface area contributed by atoms with Crippen LogP contribution in [-0.4, -0.2) is 48.5 Å². The molecule has 0 aliphatic carbocycles. The summed E-state index contributed by atoms with van der Waals surface area (Å²) in [7, 11) is 0. The molecule has 0 aromatic heterocycles. The predicted molar refractivity (Wildman–Crippen MR) is 73.0 cm³/mol. The van der Waals surface area contributed by atoms with Crippen molar-refractivity contribution in [2.24, 2.45) is 0 Å². The fraction of sp³-hybridized carbons (Fsp3) is 0.643. The molecule has 0 aromatic rings. The summed E-state index contributed by atoms with van der Waals surface area (Å²) in [4.78, 5) is 15.5. The third kappa shape index (κ3) is 4.09. The number of hydrogen-bond donors (Lipinski definition) is 0. The summed E-state index contributed by atoms with van der Waals surface area (Å²) >= 11 is 0. The van der Waals surface area contributed by atoms with Crippen LogP contribution in [0.25, 0.3) is 0 Å². The van der Waals surface area contributed by atoms with Crippen molar-refractivity contribution < 1.29 is 9.53 Å². The van der Waals surface area contributed by atoms with Crippen molar-refractivity contribution in [2.45, 2.75) is 27.7 Å². The van der Waals surface area contributed by atoms with Crippen molar-refractivity contribution in [3.63, 3.8) is 0 Å². The number of allylic oxidation sites excluding steroid dienone is 3. The van der Waals surface area contributed by atoms with Gasteiger partial charge in [-0.25, -0.2) is 0 Å². The molecule has 0 bridgehead atoms. The van der Waals surface area contributed by atoms with E-state index in [0.717, 1.165) is 31.9 Å². The molecule has 1 saturated heterocycles. The van der Waals surface area contributed by atoms with Crippen molar-refractivity contribution >= 4 is 5.91 Å². The molecular weight excluding hydrogens is 228 g/mol. The first-order valence-corrected chi connectivity index (χ1v) is 6.56. The second kappa shape index (κ2) is 7.09. The molecule has 0 spiro atoms. The molecule has 102 valence electrons. The van der Waals surface area contributed by atoms with Crippen molar-refractivity contribution in [1.82, 2.24) is 9.80 Å². The highest BCUT2D eigenvalue weighted by Gasteiger charge is 2.19.